The van der Waals surface area contributed by atoms with Crippen molar-refractivity contribution in [3.63, 3.8) is 0 Å². The van der Waals surface area contributed by atoms with E-state index in [1.54, 1.807) is 48.5 Å². The quantitative estimate of drug-likeness (QED) is 0.100. The number of benzene rings is 4. The van der Waals surface area contributed by atoms with E-state index in [1.807, 2.05) is 24.3 Å². The van der Waals surface area contributed by atoms with Crippen molar-refractivity contribution in [2.24, 2.45) is 0 Å². The van der Waals surface area contributed by atoms with Crippen molar-refractivity contribution in [2.75, 3.05) is 0 Å². The fraction of sp³-hybridized carbons (Fsp3) is 0.0606. The zero-order valence-electron chi connectivity index (χ0n) is 21.8. The molecule has 5 rings (SSSR count). The van der Waals surface area contributed by atoms with Crippen LogP contribution in [0, 0.1) is 33.8 Å². The Morgan fingerprint density at radius 3 is 1.61 bits per heavy atom. The van der Waals surface area contributed by atoms with Gasteiger partial charge in [0.1, 0.15) is 0 Å². The van der Waals surface area contributed by atoms with Crippen molar-refractivity contribution in [1.82, 2.24) is 0 Å². The molecule has 8 heteroatoms. The van der Waals surface area contributed by atoms with Gasteiger partial charge in [-0.3, -0.25) is 24.5 Å². The van der Waals surface area contributed by atoms with Crippen molar-refractivity contribution >= 4 is 45.2 Å². The number of carbonyl (C=O) groups excluding carboxylic acids is 3. The van der Waals surface area contributed by atoms with Crippen LogP contribution in [0.2, 0.25) is 0 Å². The molecule has 0 saturated carbocycles. The highest BCUT2D eigenvalue weighted by Crippen LogP contribution is 2.43. The molecule has 0 amide bonds. The van der Waals surface area contributed by atoms with Gasteiger partial charge in [-0.05, 0) is 66.7 Å². The fourth-order valence-electron chi connectivity index (χ4n) is 4.31. The summed E-state index contributed by atoms with van der Waals surface area (Å²) in [6.07, 6.45) is 0. The van der Waals surface area contributed by atoms with Gasteiger partial charge in [0.05, 0.1) is 10.5 Å². The summed E-state index contributed by atoms with van der Waals surface area (Å²) < 4.78 is 0. The molecule has 0 spiro atoms. The van der Waals surface area contributed by atoms with Crippen LogP contribution in [0.5, 0.6) is 0 Å². The third-order valence-electron chi connectivity index (χ3n) is 6.03. The van der Waals surface area contributed by atoms with Crippen molar-refractivity contribution in [3.8, 4) is 34.8 Å². The van der Waals surface area contributed by atoms with E-state index in [-0.39, 0.29) is 32.8 Å². The Balaban J connectivity index is 1.44. The van der Waals surface area contributed by atoms with Crippen LogP contribution < -0.4 is 0 Å². The van der Waals surface area contributed by atoms with Gasteiger partial charge >= 0.3 is 0 Å². The minimum Gasteiger partial charge on any atom is -0.289 e. The molecule has 0 aliphatic heterocycles. The zero-order chi connectivity index (χ0) is 29.1. The maximum Gasteiger partial charge on any atom is 0.279 e. The lowest BCUT2D eigenvalue weighted by Gasteiger charge is -2.03. The smallest absolute Gasteiger partial charge is 0.279 e. The van der Waals surface area contributed by atoms with Gasteiger partial charge < -0.3 is 0 Å². The summed E-state index contributed by atoms with van der Waals surface area (Å²) in [5, 5.41) is 12.0. The second-order valence-electron chi connectivity index (χ2n) is 9.00. The van der Waals surface area contributed by atoms with Crippen LogP contribution in [-0.2, 0) is 9.59 Å². The van der Waals surface area contributed by atoms with E-state index < -0.39 is 4.92 Å². The van der Waals surface area contributed by atoms with Crippen LogP contribution in [0.15, 0.2) is 88.7 Å². The molecule has 4 aromatic carbocycles. The Hall–Kier alpha value is -4.89. The standard InChI is InChI=1S/C33H19NO5S2/c1-20(35)40-26-12-7-22(8-13-26)3-5-24-11-16-28-29(17-24)33(37)30-18-25(19-31(32(28)30)34(38)39)6-4-23-9-14-27(15-10-23)41-21(2)36/h7-19H,1-2H3. The lowest BCUT2D eigenvalue weighted by atomic mass is 10.00. The van der Waals surface area contributed by atoms with Gasteiger partial charge in [0.25, 0.3) is 5.69 Å². The third kappa shape index (κ3) is 6.31. The number of fused-ring (bicyclic) bond motifs is 3. The topological polar surface area (TPSA) is 94.3 Å². The zero-order valence-corrected chi connectivity index (χ0v) is 23.4. The number of ketones is 1. The Labute approximate surface area is 244 Å². The van der Waals surface area contributed by atoms with Crippen molar-refractivity contribution in [1.29, 1.82) is 0 Å². The Bertz CT molecular complexity index is 1890. The summed E-state index contributed by atoms with van der Waals surface area (Å²) in [5.41, 5.74) is 3.54. The molecule has 0 radical (unpaired) electrons. The first-order chi connectivity index (χ1) is 19.7. The Morgan fingerprint density at radius 2 is 1.10 bits per heavy atom. The molecule has 1 aliphatic rings. The van der Waals surface area contributed by atoms with Gasteiger partial charge in [-0.15, -0.1) is 0 Å². The van der Waals surface area contributed by atoms with Crippen molar-refractivity contribution < 1.29 is 19.3 Å². The number of nitro groups is 1. The maximum atomic E-state index is 13.4. The minimum atomic E-state index is -0.498. The largest absolute Gasteiger partial charge is 0.289 e. The molecule has 0 unspecified atom stereocenters. The Kier molecular flexibility index (Phi) is 7.89. The number of hydrogen-bond donors (Lipinski definition) is 0. The number of thioether (sulfide) groups is 2. The SMILES string of the molecule is CC(=O)Sc1ccc(C#Cc2ccc3c(c2)C(=O)c2cc(C#Cc4ccc(SC(C)=O)cc4)cc([N+](=O)[O-])c2-3)cc1. The van der Waals surface area contributed by atoms with E-state index in [1.165, 1.54) is 19.9 Å². The van der Waals surface area contributed by atoms with Gasteiger partial charge in [0.15, 0.2) is 16.0 Å². The predicted octanol–water partition coefficient (Wildman–Crippen LogP) is 6.88. The van der Waals surface area contributed by atoms with Gasteiger partial charge in [0, 0.05) is 68.6 Å². The van der Waals surface area contributed by atoms with E-state index in [9.17, 15) is 24.5 Å². The number of nitro benzene ring substituents is 1. The van der Waals surface area contributed by atoms with E-state index in [0.717, 1.165) is 38.9 Å². The lowest BCUT2D eigenvalue weighted by molar-refractivity contribution is -0.384. The molecule has 4 aromatic rings. The van der Waals surface area contributed by atoms with Crippen LogP contribution in [-0.4, -0.2) is 20.9 Å². The maximum absolute atomic E-state index is 13.4. The lowest BCUT2D eigenvalue weighted by Crippen LogP contribution is -1.98. The van der Waals surface area contributed by atoms with Crippen molar-refractivity contribution in [3.05, 3.63) is 122 Å². The Morgan fingerprint density at radius 1 is 0.634 bits per heavy atom. The first-order valence-electron chi connectivity index (χ1n) is 12.3. The van der Waals surface area contributed by atoms with E-state index in [2.05, 4.69) is 23.7 Å². The molecule has 0 saturated heterocycles. The summed E-state index contributed by atoms with van der Waals surface area (Å²) in [6.45, 7) is 3.00. The van der Waals surface area contributed by atoms with Crippen LogP contribution in [0.25, 0.3) is 11.1 Å². The highest BCUT2D eigenvalue weighted by molar-refractivity contribution is 8.13. The van der Waals surface area contributed by atoms with Crippen LogP contribution in [0.1, 0.15) is 52.0 Å². The molecule has 6 nitrogen and oxygen atoms in total. The summed E-state index contributed by atoms with van der Waals surface area (Å²) in [6, 6.07) is 22.4. The molecular formula is C33H19NO5S2. The van der Waals surface area contributed by atoms with Gasteiger partial charge in [-0.2, -0.15) is 0 Å². The average Bonchev–Trinajstić information content (AvgIpc) is 3.22. The molecule has 0 fully saturated rings. The fourth-order valence-corrected chi connectivity index (χ4v) is 5.52. The molecule has 0 heterocycles. The molecule has 1 aliphatic carbocycles. The molecule has 0 N–H and O–H groups in total. The number of hydrogen-bond acceptors (Lipinski definition) is 7. The number of carbonyl (C=O) groups is 3. The van der Waals surface area contributed by atoms with Crippen LogP contribution >= 0.6 is 23.5 Å². The molecule has 0 aromatic heterocycles. The molecular weight excluding hydrogens is 554 g/mol. The predicted molar refractivity (Wildman–Crippen MR) is 160 cm³/mol. The summed E-state index contributed by atoms with van der Waals surface area (Å²) in [7, 11) is 0. The normalized spacial score (nSPS) is 10.9. The van der Waals surface area contributed by atoms with Gasteiger partial charge in [-0.1, -0.05) is 53.3 Å². The monoisotopic (exact) mass is 573 g/mol. The third-order valence-corrected chi connectivity index (χ3v) is 7.62. The first-order valence-corrected chi connectivity index (χ1v) is 13.9. The minimum absolute atomic E-state index is 0.00283. The van der Waals surface area contributed by atoms with E-state index in [4.69, 9.17) is 0 Å². The molecule has 198 valence electrons. The number of rotatable bonds is 3. The van der Waals surface area contributed by atoms with Crippen LogP contribution in [0.4, 0.5) is 5.69 Å². The first kappa shape index (κ1) is 27.7. The average molecular weight is 574 g/mol. The molecule has 0 atom stereocenters. The summed E-state index contributed by atoms with van der Waals surface area (Å²) in [4.78, 5) is 49.1. The molecule has 0 bridgehead atoms. The number of nitrogens with zero attached hydrogens (tertiary/aromatic N) is 1. The van der Waals surface area contributed by atoms with Gasteiger partial charge in [-0.25, -0.2) is 0 Å². The summed E-state index contributed by atoms with van der Waals surface area (Å²) >= 11 is 2.27. The second kappa shape index (κ2) is 11.7. The second-order valence-corrected chi connectivity index (χ2v) is 11.5. The van der Waals surface area contributed by atoms with Gasteiger partial charge in [0.2, 0.25) is 0 Å². The summed E-state index contributed by atoms with van der Waals surface area (Å²) in [5.74, 6) is 11.7. The van der Waals surface area contributed by atoms with E-state index >= 15 is 0 Å². The van der Waals surface area contributed by atoms with Crippen molar-refractivity contribution in [2.45, 2.75) is 23.6 Å². The van der Waals surface area contributed by atoms with Crippen LogP contribution in [0.3, 0.4) is 0 Å². The highest BCUT2D eigenvalue weighted by atomic mass is 32.2. The highest BCUT2D eigenvalue weighted by Gasteiger charge is 2.34. The molecule has 41 heavy (non-hydrogen) atoms. The van der Waals surface area contributed by atoms with E-state index in [0.29, 0.717) is 27.8 Å².